The van der Waals surface area contributed by atoms with Crippen molar-refractivity contribution in [2.45, 2.75) is 25.8 Å². The zero-order valence-corrected chi connectivity index (χ0v) is 13.6. The highest BCUT2D eigenvalue weighted by atomic mass is 32.2. The molecule has 0 radical (unpaired) electrons. The molecule has 0 aliphatic heterocycles. The number of Topliss-reactive ketones (excluding diaryl/α,β-unsaturated/α-hetero) is 1. The first-order valence-electron chi connectivity index (χ1n) is 6.75. The Morgan fingerprint density at radius 2 is 1.90 bits per heavy atom. The van der Waals surface area contributed by atoms with Crippen molar-refractivity contribution < 1.29 is 9.53 Å². The van der Waals surface area contributed by atoms with Crippen LogP contribution >= 0.6 is 11.8 Å². The number of thioether (sulfide) groups is 1. The molecule has 110 valence electrons. The minimum atomic E-state index is 0.0535. The molecular weight excluding hydrogens is 282 g/mol. The van der Waals surface area contributed by atoms with Gasteiger partial charge in [0.25, 0.3) is 0 Å². The van der Waals surface area contributed by atoms with E-state index in [1.807, 2.05) is 51.1 Å². The lowest BCUT2D eigenvalue weighted by molar-refractivity contribution is 0.101. The highest BCUT2D eigenvalue weighted by Crippen LogP contribution is 2.24. The minimum Gasteiger partial charge on any atom is -0.496 e. The maximum absolute atomic E-state index is 12.4. The Kier molecular flexibility index (Phi) is 5.02. The number of ketones is 1. The van der Waals surface area contributed by atoms with Gasteiger partial charge in [0, 0.05) is 5.69 Å². The van der Waals surface area contributed by atoms with Crippen LogP contribution in [0.2, 0.25) is 0 Å². The van der Waals surface area contributed by atoms with Crippen LogP contribution in [0.15, 0.2) is 35.4 Å². The molecular formula is C17H19NO2S. The van der Waals surface area contributed by atoms with Gasteiger partial charge in [0.15, 0.2) is 5.78 Å². The summed E-state index contributed by atoms with van der Waals surface area (Å²) in [4.78, 5) is 16.8. The molecule has 21 heavy (non-hydrogen) atoms. The summed E-state index contributed by atoms with van der Waals surface area (Å²) in [7, 11) is 1.59. The first-order chi connectivity index (χ1) is 9.99. The van der Waals surface area contributed by atoms with Gasteiger partial charge in [0.1, 0.15) is 5.75 Å². The third-order valence-electron chi connectivity index (χ3n) is 3.08. The molecule has 0 fully saturated rings. The van der Waals surface area contributed by atoms with Crippen LogP contribution in [0.25, 0.3) is 0 Å². The molecule has 0 amide bonds. The summed E-state index contributed by atoms with van der Waals surface area (Å²) in [5.41, 5.74) is 3.83. The number of methoxy groups -OCH3 is 1. The monoisotopic (exact) mass is 301 g/mol. The summed E-state index contributed by atoms with van der Waals surface area (Å²) in [6.45, 7) is 5.97. The Morgan fingerprint density at radius 1 is 1.14 bits per heavy atom. The SMILES string of the molecule is COc1cc(C)ccc1C(=O)CSc1cc(C)cc(C)n1. The summed E-state index contributed by atoms with van der Waals surface area (Å²) in [5.74, 6) is 1.04. The summed E-state index contributed by atoms with van der Waals surface area (Å²) in [6, 6.07) is 9.65. The number of aryl methyl sites for hydroxylation is 3. The van der Waals surface area contributed by atoms with Gasteiger partial charge in [-0.15, -0.1) is 0 Å². The molecule has 1 aromatic heterocycles. The van der Waals surface area contributed by atoms with Crippen molar-refractivity contribution in [3.8, 4) is 5.75 Å². The van der Waals surface area contributed by atoms with E-state index in [1.165, 1.54) is 11.8 Å². The number of carbonyl (C=O) groups excluding carboxylic acids is 1. The molecule has 3 nitrogen and oxygen atoms in total. The van der Waals surface area contributed by atoms with E-state index >= 15 is 0 Å². The highest BCUT2D eigenvalue weighted by Gasteiger charge is 2.13. The lowest BCUT2D eigenvalue weighted by Crippen LogP contribution is -2.05. The van der Waals surface area contributed by atoms with E-state index < -0.39 is 0 Å². The molecule has 0 saturated heterocycles. The van der Waals surface area contributed by atoms with Crippen LogP contribution in [-0.2, 0) is 0 Å². The number of rotatable bonds is 5. The highest BCUT2D eigenvalue weighted by molar-refractivity contribution is 7.99. The molecule has 1 aromatic carbocycles. The minimum absolute atomic E-state index is 0.0535. The average Bonchev–Trinajstić information content (AvgIpc) is 2.43. The van der Waals surface area contributed by atoms with Crippen molar-refractivity contribution >= 4 is 17.5 Å². The number of pyridine rings is 1. The third kappa shape index (κ3) is 4.08. The van der Waals surface area contributed by atoms with E-state index in [0.29, 0.717) is 17.1 Å². The molecule has 2 rings (SSSR count). The Balaban J connectivity index is 2.11. The normalized spacial score (nSPS) is 10.5. The van der Waals surface area contributed by atoms with E-state index in [1.54, 1.807) is 7.11 Å². The van der Waals surface area contributed by atoms with Crippen LogP contribution in [0.3, 0.4) is 0 Å². The quantitative estimate of drug-likeness (QED) is 0.618. The number of hydrogen-bond acceptors (Lipinski definition) is 4. The van der Waals surface area contributed by atoms with E-state index in [0.717, 1.165) is 21.8 Å². The molecule has 0 bridgehead atoms. The maximum Gasteiger partial charge on any atom is 0.176 e. The van der Waals surface area contributed by atoms with Crippen LogP contribution in [0, 0.1) is 20.8 Å². The van der Waals surface area contributed by atoms with Crippen molar-refractivity contribution in [1.82, 2.24) is 4.98 Å². The van der Waals surface area contributed by atoms with Crippen LogP contribution in [0.1, 0.15) is 27.2 Å². The van der Waals surface area contributed by atoms with Gasteiger partial charge in [-0.25, -0.2) is 4.98 Å². The van der Waals surface area contributed by atoms with Crippen molar-refractivity contribution in [1.29, 1.82) is 0 Å². The van der Waals surface area contributed by atoms with Crippen molar-refractivity contribution in [2.24, 2.45) is 0 Å². The van der Waals surface area contributed by atoms with Crippen LogP contribution in [0.5, 0.6) is 5.75 Å². The molecule has 2 aromatic rings. The molecule has 0 N–H and O–H groups in total. The predicted octanol–water partition coefficient (Wildman–Crippen LogP) is 3.99. The van der Waals surface area contributed by atoms with E-state index in [9.17, 15) is 4.79 Å². The topological polar surface area (TPSA) is 39.2 Å². The fourth-order valence-electron chi connectivity index (χ4n) is 2.12. The Hall–Kier alpha value is -1.81. The zero-order chi connectivity index (χ0) is 15.4. The number of ether oxygens (including phenoxy) is 1. The predicted molar refractivity (Wildman–Crippen MR) is 86.5 cm³/mol. The van der Waals surface area contributed by atoms with Crippen LogP contribution < -0.4 is 4.74 Å². The van der Waals surface area contributed by atoms with Crippen LogP contribution in [0.4, 0.5) is 0 Å². The number of benzene rings is 1. The van der Waals surface area contributed by atoms with Crippen LogP contribution in [-0.4, -0.2) is 23.6 Å². The van der Waals surface area contributed by atoms with Crippen molar-refractivity contribution in [3.05, 3.63) is 52.7 Å². The molecule has 0 atom stereocenters. The first kappa shape index (κ1) is 15.6. The van der Waals surface area contributed by atoms with Gasteiger partial charge in [-0.3, -0.25) is 4.79 Å². The molecule has 0 saturated carbocycles. The van der Waals surface area contributed by atoms with Gasteiger partial charge in [-0.05, 0) is 56.2 Å². The van der Waals surface area contributed by atoms with Gasteiger partial charge in [0.05, 0.1) is 23.5 Å². The summed E-state index contributed by atoms with van der Waals surface area (Å²) >= 11 is 1.46. The van der Waals surface area contributed by atoms with E-state index in [2.05, 4.69) is 4.98 Å². The Morgan fingerprint density at radius 3 is 2.57 bits per heavy atom. The average molecular weight is 301 g/mol. The third-order valence-corrected chi connectivity index (χ3v) is 3.99. The molecule has 0 spiro atoms. The largest absolute Gasteiger partial charge is 0.496 e. The summed E-state index contributed by atoms with van der Waals surface area (Å²) < 4.78 is 5.29. The van der Waals surface area contributed by atoms with Crippen molar-refractivity contribution in [3.63, 3.8) is 0 Å². The maximum atomic E-state index is 12.4. The molecule has 0 aliphatic carbocycles. The summed E-state index contributed by atoms with van der Waals surface area (Å²) in [5, 5.41) is 0.881. The molecule has 0 unspecified atom stereocenters. The summed E-state index contributed by atoms with van der Waals surface area (Å²) in [6.07, 6.45) is 0. The van der Waals surface area contributed by atoms with Gasteiger partial charge >= 0.3 is 0 Å². The number of nitrogens with zero attached hydrogens (tertiary/aromatic N) is 1. The smallest absolute Gasteiger partial charge is 0.176 e. The second-order valence-electron chi connectivity index (χ2n) is 5.04. The second kappa shape index (κ2) is 6.76. The van der Waals surface area contributed by atoms with Gasteiger partial charge in [0.2, 0.25) is 0 Å². The second-order valence-corrected chi connectivity index (χ2v) is 6.04. The fourth-order valence-corrected chi connectivity index (χ4v) is 3.04. The first-order valence-corrected chi connectivity index (χ1v) is 7.74. The lowest BCUT2D eigenvalue weighted by Gasteiger charge is -2.08. The standard InChI is InChI=1S/C17H19NO2S/c1-11-5-6-14(16(8-11)20-4)15(19)10-21-17-9-12(2)7-13(3)18-17/h5-9H,10H2,1-4H3. The Bertz CT molecular complexity index is 648. The van der Waals surface area contributed by atoms with Gasteiger partial charge in [-0.1, -0.05) is 17.8 Å². The molecule has 1 heterocycles. The number of carbonyl (C=O) groups is 1. The number of aromatic nitrogens is 1. The lowest BCUT2D eigenvalue weighted by atomic mass is 10.1. The number of hydrogen-bond donors (Lipinski definition) is 0. The Labute approximate surface area is 129 Å². The fraction of sp³-hybridized carbons (Fsp3) is 0.294. The van der Waals surface area contributed by atoms with Gasteiger partial charge < -0.3 is 4.74 Å². The molecule has 4 heteroatoms. The van der Waals surface area contributed by atoms with E-state index in [4.69, 9.17) is 4.74 Å². The zero-order valence-electron chi connectivity index (χ0n) is 12.8. The van der Waals surface area contributed by atoms with Crippen molar-refractivity contribution in [2.75, 3.05) is 12.9 Å². The molecule has 0 aliphatic rings. The van der Waals surface area contributed by atoms with E-state index in [-0.39, 0.29) is 5.78 Å². The van der Waals surface area contributed by atoms with Gasteiger partial charge in [-0.2, -0.15) is 0 Å².